The number of hydrogen-bond acceptors (Lipinski definition) is 2. The monoisotopic (exact) mass is 177 g/mol. The molecule has 1 atom stereocenters. The summed E-state index contributed by atoms with van der Waals surface area (Å²) in [5.41, 5.74) is 7.59. The Bertz CT molecular complexity index is 294. The Morgan fingerprint density at radius 1 is 1.46 bits per heavy atom. The summed E-state index contributed by atoms with van der Waals surface area (Å²) >= 11 is 0. The zero-order valence-corrected chi connectivity index (χ0v) is 7.77. The van der Waals surface area contributed by atoms with Gasteiger partial charge in [-0.1, -0.05) is 36.4 Å². The summed E-state index contributed by atoms with van der Waals surface area (Å²) in [5, 5.41) is 9.20. The van der Waals surface area contributed by atoms with Gasteiger partial charge in [0.15, 0.2) is 0 Å². The lowest BCUT2D eigenvalue weighted by Crippen LogP contribution is -2.16. The Balaban J connectivity index is 2.74. The first-order chi connectivity index (χ1) is 6.24. The summed E-state index contributed by atoms with van der Waals surface area (Å²) in [5.74, 6) is 0. The molecule has 1 aromatic rings. The first-order valence-corrected chi connectivity index (χ1v) is 4.36. The molecule has 2 heteroatoms. The average molecular weight is 177 g/mol. The van der Waals surface area contributed by atoms with E-state index in [4.69, 9.17) is 5.73 Å². The van der Waals surface area contributed by atoms with E-state index in [1.807, 2.05) is 37.3 Å². The summed E-state index contributed by atoms with van der Waals surface area (Å²) in [6.45, 7) is 2.30. The molecule has 0 aliphatic rings. The van der Waals surface area contributed by atoms with Crippen LogP contribution in [0, 0.1) is 6.92 Å². The van der Waals surface area contributed by atoms with Gasteiger partial charge in [-0.15, -0.1) is 0 Å². The highest BCUT2D eigenvalue weighted by Gasteiger charge is 1.94. The number of aliphatic hydroxyl groups excluding tert-OH is 1. The molecule has 0 bridgehead atoms. The Hall–Kier alpha value is -1.12. The van der Waals surface area contributed by atoms with E-state index in [0.29, 0.717) is 0 Å². The summed E-state index contributed by atoms with van der Waals surface area (Å²) in [4.78, 5) is 0. The van der Waals surface area contributed by atoms with Crippen LogP contribution in [0.4, 0.5) is 0 Å². The zero-order valence-electron chi connectivity index (χ0n) is 7.77. The second-order valence-corrected chi connectivity index (χ2v) is 3.02. The number of nitrogens with two attached hydrogens (primary N) is 1. The number of aliphatic hydroxyl groups is 1. The molecule has 0 aliphatic carbocycles. The fourth-order valence-electron chi connectivity index (χ4n) is 1.07. The summed E-state index contributed by atoms with van der Waals surface area (Å²) < 4.78 is 0. The van der Waals surface area contributed by atoms with Crippen LogP contribution < -0.4 is 5.73 Å². The molecule has 0 spiro atoms. The van der Waals surface area contributed by atoms with Crippen molar-refractivity contribution >= 4 is 6.08 Å². The molecule has 2 nitrogen and oxygen atoms in total. The van der Waals surface area contributed by atoms with Gasteiger partial charge in [-0.05, 0) is 18.1 Å². The van der Waals surface area contributed by atoms with Crippen LogP contribution in [0.5, 0.6) is 0 Å². The highest BCUT2D eigenvalue weighted by Crippen LogP contribution is 2.08. The second kappa shape index (κ2) is 4.80. The van der Waals surface area contributed by atoms with E-state index in [2.05, 4.69) is 0 Å². The molecule has 0 radical (unpaired) electrons. The zero-order chi connectivity index (χ0) is 9.68. The first-order valence-electron chi connectivity index (χ1n) is 4.36. The third-order valence-electron chi connectivity index (χ3n) is 1.93. The van der Waals surface area contributed by atoms with E-state index >= 15 is 0 Å². The van der Waals surface area contributed by atoms with Gasteiger partial charge in [-0.3, -0.25) is 0 Å². The Morgan fingerprint density at radius 2 is 2.15 bits per heavy atom. The minimum absolute atomic E-state index is 0.266. The van der Waals surface area contributed by atoms with Crippen molar-refractivity contribution in [2.45, 2.75) is 13.0 Å². The van der Waals surface area contributed by atoms with Gasteiger partial charge in [0.25, 0.3) is 0 Å². The SMILES string of the molecule is Cc1ccccc1/C=C/C(O)CN. The minimum atomic E-state index is -0.542. The van der Waals surface area contributed by atoms with Crippen molar-refractivity contribution < 1.29 is 5.11 Å². The van der Waals surface area contributed by atoms with Gasteiger partial charge in [0.1, 0.15) is 0 Å². The van der Waals surface area contributed by atoms with Crippen LogP contribution in [-0.2, 0) is 0 Å². The van der Waals surface area contributed by atoms with Crippen molar-refractivity contribution in [3.05, 3.63) is 41.5 Å². The van der Waals surface area contributed by atoms with Gasteiger partial charge in [0.2, 0.25) is 0 Å². The summed E-state index contributed by atoms with van der Waals surface area (Å²) in [6, 6.07) is 8.01. The van der Waals surface area contributed by atoms with Crippen LogP contribution in [0.2, 0.25) is 0 Å². The molecule has 13 heavy (non-hydrogen) atoms. The molecule has 1 unspecified atom stereocenters. The van der Waals surface area contributed by atoms with E-state index < -0.39 is 6.10 Å². The first kappa shape index (κ1) is 9.96. The van der Waals surface area contributed by atoms with Crippen molar-refractivity contribution in [1.29, 1.82) is 0 Å². The smallest absolute Gasteiger partial charge is 0.0846 e. The van der Waals surface area contributed by atoms with E-state index in [0.717, 1.165) is 5.56 Å². The minimum Gasteiger partial charge on any atom is -0.388 e. The Labute approximate surface area is 78.7 Å². The molecule has 0 saturated carbocycles. The third-order valence-corrected chi connectivity index (χ3v) is 1.93. The molecule has 0 aromatic heterocycles. The van der Waals surface area contributed by atoms with E-state index in [1.165, 1.54) is 5.56 Å². The lowest BCUT2D eigenvalue weighted by molar-refractivity contribution is 0.232. The van der Waals surface area contributed by atoms with Gasteiger partial charge in [0.05, 0.1) is 6.10 Å². The van der Waals surface area contributed by atoms with Crippen molar-refractivity contribution in [2.75, 3.05) is 6.54 Å². The maximum absolute atomic E-state index is 9.20. The van der Waals surface area contributed by atoms with Gasteiger partial charge in [-0.25, -0.2) is 0 Å². The van der Waals surface area contributed by atoms with Crippen LogP contribution in [0.15, 0.2) is 30.3 Å². The molecule has 1 aromatic carbocycles. The molecule has 0 saturated heterocycles. The fraction of sp³-hybridized carbons (Fsp3) is 0.273. The van der Waals surface area contributed by atoms with Crippen molar-refractivity contribution in [2.24, 2.45) is 5.73 Å². The van der Waals surface area contributed by atoms with Gasteiger partial charge >= 0.3 is 0 Å². The van der Waals surface area contributed by atoms with E-state index in [-0.39, 0.29) is 6.54 Å². The van der Waals surface area contributed by atoms with Crippen LogP contribution in [0.1, 0.15) is 11.1 Å². The van der Waals surface area contributed by atoms with E-state index in [9.17, 15) is 5.11 Å². The predicted molar refractivity (Wildman–Crippen MR) is 55.3 cm³/mol. The van der Waals surface area contributed by atoms with Crippen LogP contribution >= 0.6 is 0 Å². The molecule has 0 amide bonds. The topological polar surface area (TPSA) is 46.2 Å². The largest absolute Gasteiger partial charge is 0.388 e. The number of aryl methyl sites for hydroxylation is 1. The molecule has 1 rings (SSSR count). The van der Waals surface area contributed by atoms with Crippen LogP contribution in [0.3, 0.4) is 0 Å². The van der Waals surface area contributed by atoms with Crippen LogP contribution in [-0.4, -0.2) is 17.8 Å². The molecular weight excluding hydrogens is 162 g/mol. The van der Waals surface area contributed by atoms with Crippen LogP contribution in [0.25, 0.3) is 6.08 Å². The van der Waals surface area contributed by atoms with Crippen molar-refractivity contribution in [1.82, 2.24) is 0 Å². The highest BCUT2D eigenvalue weighted by atomic mass is 16.3. The molecule has 0 aliphatic heterocycles. The van der Waals surface area contributed by atoms with Gasteiger partial charge in [0, 0.05) is 6.54 Å². The normalized spacial score (nSPS) is 13.5. The fourth-order valence-corrected chi connectivity index (χ4v) is 1.07. The van der Waals surface area contributed by atoms with Crippen molar-refractivity contribution in [3.63, 3.8) is 0 Å². The number of benzene rings is 1. The Kier molecular flexibility index (Phi) is 3.68. The molecule has 0 fully saturated rings. The van der Waals surface area contributed by atoms with Crippen molar-refractivity contribution in [3.8, 4) is 0 Å². The summed E-state index contributed by atoms with van der Waals surface area (Å²) in [6.07, 6.45) is 3.06. The van der Waals surface area contributed by atoms with E-state index in [1.54, 1.807) is 6.08 Å². The lowest BCUT2D eigenvalue weighted by atomic mass is 10.1. The third kappa shape index (κ3) is 3.01. The highest BCUT2D eigenvalue weighted by molar-refractivity contribution is 5.53. The maximum atomic E-state index is 9.20. The quantitative estimate of drug-likeness (QED) is 0.731. The average Bonchev–Trinajstić information content (AvgIpc) is 2.16. The Morgan fingerprint density at radius 3 is 2.77 bits per heavy atom. The lowest BCUT2D eigenvalue weighted by Gasteiger charge is -2.01. The molecule has 70 valence electrons. The predicted octanol–water partition coefficient (Wildman–Crippen LogP) is 1.33. The summed E-state index contributed by atoms with van der Waals surface area (Å²) in [7, 11) is 0. The van der Waals surface area contributed by atoms with Gasteiger partial charge in [-0.2, -0.15) is 0 Å². The second-order valence-electron chi connectivity index (χ2n) is 3.02. The number of rotatable bonds is 3. The standard InChI is InChI=1S/C11H15NO/c1-9-4-2-3-5-10(9)6-7-11(13)8-12/h2-7,11,13H,8,12H2,1H3/b7-6+. The van der Waals surface area contributed by atoms with Gasteiger partial charge < -0.3 is 10.8 Å². The number of hydrogen-bond donors (Lipinski definition) is 2. The molecule has 0 heterocycles. The maximum Gasteiger partial charge on any atom is 0.0846 e. The molecule has 3 N–H and O–H groups in total. The molecular formula is C11H15NO.